The monoisotopic (exact) mass is 288 g/mol. The topological polar surface area (TPSA) is 37.9 Å². The predicted molar refractivity (Wildman–Crippen MR) is 89.4 cm³/mol. The van der Waals surface area contributed by atoms with E-state index in [0.717, 1.165) is 34.3 Å². The molecule has 0 atom stereocenters. The van der Waals surface area contributed by atoms with Gasteiger partial charge in [0.1, 0.15) is 5.75 Å². The Balaban J connectivity index is 1.93. The number of rotatable bonds is 3. The Hall–Kier alpha value is -2.81. The first-order valence-electron chi connectivity index (χ1n) is 7.33. The molecule has 0 saturated heterocycles. The molecule has 2 aromatic heterocycles. The van der Waals surface area contributed by atoms with Gasteiger partial charge < -0.3 is 9.72 Å². The summed E-state index contributed by atoms with van der Waals surface area (Å²) in [6.07, 6.45) is 2.79. The van der Waals surface area contributed by atoms with Crippen LogP contribution in [0.1, 0.15) is 11.3 Å². The SMILES string of the molecule is COc1ccc2c(c1)nc(Cc1ccccc1)c1[nH]ccc12. The lowest BCUT2D eigenvalue weighted by molar-refractivity contribution is 0.415. The van der Waals surface area contributed by atoms with Crippen LogP contribution in [0, 0.1) is 0 Å². The van der Waals surface area contributed by atoms with E-state index in [2.05, 4.69) is 41.4 Å². The maximum Gasteiger partial charge on any atom is 0.121 e. The van der Waals surface area contributed by atoms with Crippen molar-refractivity contribution in [2.24, 2.45) is 0 Å². The number of H-pyrrole nitrogens is 1. The van der Waals surface area contributed by atoms with E-state index in [1.165, 1.54) is 10.9 Å². The summed E-state index contributed by atoms with van der Waals surface area (Å²) in [6, 6.07) is 18.6. The molecule has 0 spiro atoms. The highest BCUT2D eigenvalue weighted by atomic mass is 16.5. The van der Waals surface area contributed by atoms with Gasteiger partial charge in [0, 0.05) is 29.5 Å². The third-order valence-electron chi connectivity index (χ3n) is 4.00. The molecule has 0 radical (unpaired) electrons. The molecule has 0 aliphatic rings. The zero-order chi connectivity index (χ0) is 14.9. The lowest BCUT2D eigenvalue weighted by Crippen LogP contribution is -1.95. The fraction of sp³-hybridized carbons (Fsp3) is 0.105. The molecule has 108 valence electrons. The Labute approximate surface area is 128 Å². The van der Waals surface area contributed by atoms with Gasteiger partial charge in [0.15, 0.2) is 0 Å². The van der Waals surface area contributed by atoms with Gasteiger partial charge in [-0.05, 0) is 23.8 Å². The molecule has 4 rings (SSSR count). The van der Waals surface area contributed by atoms with Crippen molar-refractivity contribution >= 4 is 21.8 Å². The highest BCUT2D eigenvalue weighted by Crippen LogP contribution is 2.29. The summed E-state index contributed by atoms with van der Waals surface area (Å²) in [5.41, 5.74) is 4.40. The van der Waals surface area contributed by atoms with E-state index in [1.54, 1.807) is 7.11 Å². The van der Waals surface area contributed by atoms with Crippen LogP contribution in [0.15, 0.2) is 60.8 Å². The first-order chi connectivity index (χ1) is 10.8. The van der Waals surface area contributed by atoms with Crippen LogP contribution in [0.3, 0.4) is 0 Å². The summed E-state index contributed by atoms with van der Waals surface area (Å²) in [6.45, 7) is 0. The molecule has 22 heavy (non-hydrogen) atoms. The second-order valence-electron chi connectivity index (χ2n) is 5.37. The Morgan fingerprint density at radius 3 is 2.68 bits per heavy atom. The maximum absolute atomic E-state index is 5.33. The van der Waals surface area contributed by atoms with Gasteiger partial charge in [0.05, 0.1) is 23.8 Å². The summed E-state index contributed by atoms with van der Waals surface area (Å²) in [5, 5.41) is 2.35. The third kappa shape index (κ3) is 2.11. The molecule has 0 aliphatic heterocycles. The lowest BCUT2D eigenvalue weighted by Gasteiger charge is -2.08. The van der Waals surface area contributed by atoms with Crippen molar-refractivity contribution in [3.05, 3.63) is 72.1 Å². The number of pyridine rings is 1. The van der Waals surface area contributed by atoms with Gasteiger partial charge >= 0.3 is 0 Å². The molecule has 0 bridgehead atoms. The second-order valence-corrected chi connectivity index (χ2v) is 5.37. The Kier molecular flexibility index (Phi) is 3.04. The number of ether oxygens (including phenoxy) is 1. The number of nitrogens with zero attached hydrogens (tertiary/aromatic N) is 1. The Morgan fingerprint density at radius 1 is 1.00 bits per heavy atom. The number of methoxy groups -OCH3 is 1. The van der Waals surface area contributed by atoms with Gasteiger partial charge in [-0.1, -0.05) is 30.3 Å². The van der Waals surface area contributed by atoms with E-state index in [0.29, 0.717) is 0 Å². The molecule has 0 fully saturated rings. The number of benzene rings is 2. The molecule has 2 aromatic carbocycles. The number of aromatic nitrogens is 2. The third-order valence-corrected chi connectivity index (χ3v) is 4.00. The molecule has 0 unspecified atom stereocenters. The average Bonchev–Trinajstić information content (AvgIpc) is 3.05. The molecule has 1 N–H and O–H groups in total. The summed E-state index contributed by atoms with van der Waals surface area (Å²) >= 11 is 0. The zero-order valence-electron chi connectivity index (χ0n) is 12.3. The molecule has 3 heteroatoms. The molecule has 4 aromatic rings. The van der Waals surface area contributed by atoms with Gasteiger partial charge in [-0.3, -0.25) is 4.98 Å². The van der Waals surface area contributed by atoms with Crippen molar-refractivity contribution in [1.82, 2.24) is 9.97 Å². The van der Waals surface area contributed by atoms with Gasteiger partial charge in [-0.25, -0.2) is 0 Å². The van der Waals surface area contributed by atoms with Crippen molar-refractivity contribution in [3.8, 4) is 5.75 Å². The van der Waals surface area contributed by atoms with E-state index in [4.69, 9.17) is 9.72 Å². The van der Waals surface area contributed by atoms with Crippen LogP contribution >= 0.6 is 0 Å². The van der Waals surface area contributed by atoms with Gasteiger partial charge in [-0.15, -0.1) is 0 Å². The van der Waals surface area contributed by atoms with E-state index >= 15 is 0 Å². The van der Waals surface area contributed by atoms with Crippen molar-refractivity contribution in [3.63, 3.8) is 0 Å². The molecular weight excluding hydrogens is 272 g/mol. The van der Waals surface area contributed by atoms with E-state index in [9.17, 15) is 0 Å². The summed E-state index contributed by atoms with van der Waals surface area (Å²) in [7, 11) is 1.68. The highest BCUT2D eigenvalue weighted by molar-refractivity contribution is 6.05. The van der Waals surface area contributed by atoms with Crippen molar-refractivity contribution < 1.29 is 4.74 Å². The van der Waals surface area contributed by atoms with E-state index in [1.807, 2.05) is 24.4 Å². The van der Waals surface area contributed by atoms with Crippen molar-refractivity contribution in [2.45, 2.75) is 6.42 Å². The molecule has 3 nitrogen and oxygen atoms in total. The minimum Gasteiger partial charge on any atom is -0.497 e. The average molecular weight is 288 g/mol. The largest absolute Gasteiger partial charge is 0.497 e. The van der Waals surface area contributed by atoms with Crippen LogP contribution < -0.4 is 4.74 Å². The predicted octanol–water partition coefficient (Wildman–Crippen LogP) is 4.32. The summed E-state index contributed by atoms with van der Waals surface area (Å²) in [4.78, 5) is 8.20. The number of aromatic amines is 1. The van der Waals surface area contributed by atoms with Crippen LogP contribution in [0.5, 0.6) is 5.75 Å². The maximum atomic E-state index is 5.33. The Morgan fingerprint density at radius 2 is 1.86 bits per heavy atom. The highest BCUT2D eigenvalue weighted by Gasteiger charge is 2.10. The minimum absolute atomic E-state index is 0.811. The van der Waals surface area contributed by atoms with Crippen LogP contribution in [-0.4, -0.2) is 17.1 Å². The van der Waals surface area contributed by atoms with Gasteiger partial charge in [-0.2, -0.15) is 0 Å². The van der Waals surface area contributed by atoms with Crippen LogP contribution in [0.25, 0.3) is 21.8 Å². The Bertz CT molecular complexity index is 942. The molecule has 2 heterocycles. The molecular formula is C19H16N2O. The smallest absolute Gasteiger partial charge is 0.121 e. The van der Waals surface area contributed by atoms with Crippen molar-refractivity contribution in [2.75, 3.05) is 7.11 Å². The van der Waals surface area contributed by atoms with Crippen LogP contribution in [0.4, 0.5) is 0 Å². The van der Waals surface area contributed by atoms with E-state index < -0.39 is 0 Å². The normalized spacial score (nSPS) is 11.1. The zero-order valence-corrected chi connectivity index (χ0v) is 12.3. The minimum atomic E-state index is 0.811. The van der Waals surface area contributed by atoms with E-state index in [-0.39, 0.29) is 0 Å². The van der Waals surface area contributed by atoms with Gasteiger partial charge in [0.2, 0.25) is 0 Å². The fourth-order valence-electron chi connectivity index (χ4n) is 2.91. The van der Waals surface area contributed by atoms with Gasteiger partial charge in [0.25, 0.3) is 0 Å². The quantitative estimate of drug-likeness (QED) is 0.610. The molecule has 0 aliphatic carbocycles. The number of hydrogen-bond acceptors (Lipinski definition) is 2. The summed E-state index contributed by atoms with van der Waals surface area (Å²) in [5.74, 6) is 0.834. The number of hydrogen-bond donors (Lipinski definition) is 1. The lowest BCUT2D eigenvalue weighted by atomic mass is 10.0. The first kappa shape index (κ1) is 12.9. The standard InChI is InChI=1S/C19H16N2O/c1-22-14-7-8-15-16-9-10-20-19(16)18(21-17(15)12-14)11-13-5-3-2-4-6-13/h2-10,12,20H,11H2,1H3. The van der Waals surface area contributed by atoms with Crippen LogP contribution in [0.2, 0.25) is 0 Å². The first-order valence-corrected chi connectivity index (χ1v) is 7.33. The summed E-state index contributed by atoms with van der Waals surface area (Å²) < 4.78 is 5.33. The molecule has 0 saturated carbocycles. The number of fused-ring (bicyclic) bond motifs is 3. The number of nitrogens with one attached hydrogen (secondary N) is 1. The molecule has 0 amide bonds. The van der Waals surface area contributed by atoms with Crippen LogP contribution in [-0.2, 0) is 6.42 Å². The second kappa shape index (κ2) is 5.19. The fourth-order valence-corrected chi connectivity index (χ4v) is 2.91. The van der Waals surface area contributed by atoms with Crippen molar-refractivity contribution in [1.29, 1.82) is 0 Å².